The molecule has 0 spiro atoms. The normalized spacial score (nSPS) is 17.5. The van der Waals surface area contributed by atoms with Gasteiger partial charge in [-0.1, -0.05) is 12.1 Å². The minimum absolute atomic E-state index is 0.0541. The lowest BCUT2D eigenvalue weighted by Gasteiger charge is -2.34. The van der Waals surface area contributed by atoms with Crippen LogP contribution in [0.4, 0.5) is 10.3 Å². The smallest absolute Gasteiger partial charge is 0.236 e. The second-order valence-corrected chi connectivity index (χ2v) is 6.95. The zero-order chi connectivity index (χ0) is 18.7. The van der Waals surface area contributed by atoms with Crippen molar-refractivity contribution < 1.29 is 9.18 Å². The van der Waals surface area contributed by atoms with Crippen LogP contribution in [0.15, 0.2) is 30.5 Å². The molecule has 0 unspecified atom stereocenters. The SMILES string of the molecule is CN(C)CC(=O)N1CCC[C@H](c2nc(N)ncc2-c2cccc(F)c2)C1. The van der Waals surface area contributed by atoms with Crippen LogP contribution in [0.2, 0.25) is 0 Å². The fourth-order valence-corrected chi connectivity index (χ4v) is 3.40. The Morgan fingerprint density at radius 2 is 2.23 bits per heavy atom. The molecule has 2 N–H and O–H groups in total. The summed E-state index contributed by atoms with van der Waals surface area (Å²) in [5.41, 5.74) is 8.09. The average Bonchev–Trinajstić information content (AvgIpc) is 2.61. The summed E-state index contributed by atoms with van der Waals surface area (Å²) in [7, 11) is 3.76. The summed E-state index contributed by atoms with van der Waals surface area (Å²) in [5.74, 6) is 0.0427. The lowest BCUT2D eigenvalue weighted by Crippen LogP contribution is -2.43. The van der Waals surface area contributed by atoms with Crippen molar-refractivity contribution in [1.82, 2.24) is 19.8 Å². The highest BCUT2D eigenvalue weighted by Crippen LogP contribution is 2.33. The number of carbonyl (C=O) groups excluding carboxylic acids is 1. The molecule has 1 aromatic heterocycles. The number of nitrogens with zero attached hydrogens (tertiary/aromatic N) is 4. The Bertz CT molecular complexity index is 795. The number of benzene rings is 1. The lowest BCUT2D eigenvalue weighted by molar-refractivity contribution is -0.133. The van der Waals surface area contributed by atoms with E-state index in [-0.39, 0.29) is 23.6 Å². The van der Waals surface area contributed by atoms with E-state index in [0.29, 0.717) is 13.1 Å². The number of hydrogen-bond donors (Lipinski definition) is 1. The Morgan fingerprint density at radius 1 is 1.42 bits per heavy atom. The maximum Gasteiger partial charge on any atom is 0.236 e. The largest absolute Gasteiger partial charge is 0.368 e. The number of likely N-dealkylation sites (tertiary alicyclic amines) is 1. The molecule has 1 aromatic carbocycles. The molecule has 1 fully saturated rings. The fraction of sp³-hybridized carbons (Fsp3) is 0.421. The van der Waals surface area contributed by atoms with Crippen molar-refractivity contribution in [3.63, 3.8) is 0 Å². The van der Waals surface area contributed by atoms with Crippen LogP contribution in [0.3, 0.4) is 0 Å². The fourth-order valence-electron chi connectivity index (χ4n) is 3.40. The van der Waals surface area contributed by atoms with Gasteiger partial charge in [-0.05, 0) is 44.6 Å². The van der Waals surface area contributed by atoms with Crippen LogP contribution >= 0.6 is 0 Å². The minimum Gasteiger partial charge on any atom is -0.368 e. The number of amides is 1. The van der Waals surface area contributed by atoms with Crippen LogP contribution in [0.1, 0.15) is 24.5 Å². The van der Waals surface area contributed by atoms with Crippen molar-refractivity contribution in [2.45, 2.75) is 18.8 Å². The van der Waals surface area contributed by atoms with Crippen molar-refractivity contribution in [1.29, 1.82) is 0 Å². The van der Waals surface area contributed by atoms with Gasteiger partial charge in [-0.3, -0.25) is 4.79 Å². The van der Waals surface area contributed by atoms with Crippen molar-refractivity contribution >= 4 is 11.9 Å². The van der Waals surface area contributed by atoms with E-state index in [1.807, 2.05) is 30.0 Å². The van der Waals surface area contributed by atoms with E-state index in [1.165, 1.54) is 12.1 Å². The Labute approximate surface area is 152 Å². The summed E-state index contributed by atoms with van der Waals surface area (Å²) in [6.45, 7) is 1.72. The van der Waals surface area contributed by atoms with E-state index < -0.39 is 0 Å². The van der Waals surface area contributed by atoms with Crippen molar-refractivity contribution in [2.24, 2.45) is 0 Å². The van der Waals surface area contributed by atoms with Gasteiger partial charge in [0.05, 0.1) is 12.2 Å². The highest BCUT2D eigenvalue weighted by atomic mass is 19.1. The molecule has 6 nitrogen and oxygen atoms in total. The monoisotopic (exact) mass is 357 g/mol. The van der Waals surface area contributed by atoms with Crippen LogP contribution < -0.4 is 5.73 Å². The van der Waals surface area contributed by atoms with Gasteiger partial charge >= 0.3 is 0 Å². The summed E-state index contributed by atoms with van der Waals surface area (Å²) in [4.78, 5) is 24.7. The molecule has 138 valence electrons. The Morgan fingerprint density at radius 3 is 2.96 bits per heavy atom. The van der Waals surface area contributed by atoms with Crippen molar-refractivity contribution in [3.8, 4) is 11.1 Å². The van der Waals surface area contributed by atoms with Gasteiger partial charge in [0.1, 0.15) is 5.82 Å². The topological polar surface area (TPSA) is 75.4 Å². The molecule has 2 heterocycles. The molecule has 2 aromatic rings. The van der Waals surface area contributed by atoms with Gasteiger partial charge in [-0.15, -0.1) is 0 Å². The van der Waals surface area contributed by atoms with Gasteiger partial charge in [0.2, 0.25) is 11.9 Å². The molecule has 0 radical (unpaired) electrons. The second-order valence-electron chi connectivity index (χ2n) is 6.95. The molecule has 0 saturated carbocycles. The van der Waals surface area contributed by atoms with E-state index in [9.17, 15) is 9.18 Å². The number of nitrogens with two attached hydrogens (primary N) is 1. The summed E-state index contributed by atoms with van der Waals surface area (Å²) in [5, 5.41) is 0. The van der Waals surface area contributed by atoms with Gasteiger partial charge in [-0.2, -0.15) is 0 Å². The minimum atomic E-state index is -0.309. The molecule has 0 aliphatic carbocycles. The molecule has 1 amide bonds. The van der Waals surface area contributed by atoms with E-state index >= 15 is 0 Å². The standard InChI is InChI=1S/C19H24FN5O/c1-24(2)12-17(26)25-8-4-6-14(11-25)18-16(10-22-19(21)23-18)13-5-3-7-15(20)9-13/h3,5,7,9-10,14H,4,6,8,11-12H2,1-2H3,(H2,21,22,23)/t14-/m0/s1. The molecule has 1 aliphatic heterocycles. The zero-order valence-corrected chi connectivity index (χ0v) is 15.2. The molecule has 26 heavy (non-hydrogen) atoms. The molecular weight excluding hydrogens is 333 g/mol. The first-order chi connectivity index (χ1) is 12.4. The Hall–Kier alpha value is -2.54. The quantitative estimate of drug-likeness (QED) is 0.907. The summed E-state index contributed by atoms with van der Waals surface area (Å²) in [6, 6.07) is 6.37. The van der Waals surface area contributed by atoms with Crippen LogP contribution in [0.25, 0.3) is 11.1 Å². The number of piperidine rings is 1. The third-order valence-corrected chi connectivity index (χ3v) is 4.58. The lowest BCUT2D eigenvalue weighted by atomic mass is 9.90. The maximum atomic E-state index is 13.7. The first-order valence-corrected chi connectivity index (χ1v) is 8.75. The summed E-state index contributed by atoms with van der Waals surface area (Å²) >= 11 is 0. The molecule has 0 bridgehead atoms. The second kappa shape index (κ2) is 7.78. The highest BCUT2D eigenvalue weighted by Gasteiger charge is 2.28. The molecule has 3 rings (SSSR count). The van der Waals surface area contributed by atoms with Crippen LogP contribution in [-0.2, 0) is 4.79 Å². The third kappa shape index (κ3) is 4.16. The van der Waals surface area contributed by atoms with Crippen molar-refractivity contribution in [2.75, 3.05) is 39.5 Å². The summed E-state index contributed by atoms with van der Waals surface area (Å²) < 4.78 is 13.7. The molecule has 1 atom stereocenters. The van der Waals surface area contributed by atoms with Gasteiger partial charge < -0.3 is 15.5 Å². The van der Waals surface area contributed by atoms with Crippen molar-refractivity contribution in [3.05, 3.63) is 42.0 Å². The van der Waals surface area contributed by atoms with Crippen LogP contribution in [-0.4, -0.2) is 59.4 Å². The maximum absolute atomic E-state index is 13.7. The Kier molecular flexibility index (Phi) is 5.46. The molecule has 1 aliphatic rings. The third-order valence-electron chi connectivity index (χ3n) is 4.58. The Balaban J connectivity index is 1.90. The number of anilines is 1. The first kappa shape index (κ1) is 18.3. The zero-order valence-electron chi connectivity index (χ0n) is 15.2. The number of nitrogen functional groups attached to an aromatic ring is 1. The molecule has 1 saturated heterocycles. The summed E-state index contributed by atoms with van der Waals surface area (Å²) in [6.07, 6.45) is 3.45. The van der Waals surface area contributed by atoms with Gasteiger partial charge in [-0.25, -0.2) is 14.4 Å². The van der Waals surface area contributed by atoms with E-state index in [1.54, 1.807) is 12.3 Å². The van der Waals surface area contributed by atoms with E-state index in [4.69, 9.17) is 5.73 Å². The molecule has 7 heteroatoms. The van der Waals surface area contributed by atoms with Crippen LogP contribution in [0, 0.1) is 5.82 Å². The van der Waals surface area contributed by atoms with Gasteiger partial charge in [0.25, 0.3) is 0 Å². The molecular formula is C19H24FN5O. The number of aromatic nitrogens is 2. The number of rotatable bonds is 4. The highest BCUT2D eigenvalue weighted by molar-refractivity contribution is 5.78. The number of halogens is 1. The number of likely N-dealkylation sites (N-methyl/N-ethyl adjacent to an activating group) is 1. The van der Waals surface area contributed by atoms with Gasteiger partial charge in [0, 0.05) is 30.8 Å². The number of hydrogen-bond acceptors (Lipinski definition) is 5. The first-order valence-electron chi connectivity index (χ1n) is 8.75. The van der Waals surface area contributed by atoms with Crippen LogP contribution in [0.5, 0.6) is 0 Å². The van der Waals surface area contributed by atoms with E-state index in [0.717, 1.165) is 36.2 Å². The predicted molar refractivity (Wildman–Crippen MR) is 98.9 cm³/mol. The average molecular weight is 357 g/mol. The van der Waals surface area contributed by atoms with Gasteiger partial charge in [0.15, 0.2) is 0 Å². The van der Waals surface area contributed by atoms with E-state index in [2.05, 4.69) is 9.97 Å². The predicted octanol–water partition coefficient (Wildman–Crippen LogP) is 2.13. The number of carbonyl (C=O) groups is 1.